The van der Waals surface area contributed by atoms with Crippen molar-refractivity contribution < 1.29 is 22.4 Å². The summed E-state index contributed by atoms with van der Waals surface area (Å²) in [5.41, 5.74) is 2.00. The molecule has 0 aliphatic rings. The number of hydrogen-bond donors (Lipinski definition) is 1. The average molecular weight is 416 g/mol. The second-order valence-electron chi connectivity index (χ2n) is 7.01. The second-order valence-corrected chi connectivity index (χ2v) is 9.15. The highest BCUT2D eigenvalue weighted by atomic mass is 32.2. The summed E-state index contributed by atoms with van der Waals surface area (Å²) in [5.74, 6) is -0.615. The molecule has 3 rings (SSSR count). The summed E-state index contributed by atoms with van der Waals surface area (Å²) in [6.07, 6.45) is 1.75. The van der Waals surface area contributed by atoms with E-state index in [0.29, 0.717) is 36.1 Å². The van der Waals surface area contributed by atoms with Gasteiger partial charge < -0.3 is 14.5 Å². The maximum absolute atomic E-state index is 12.6. The van der Waals surface area contributed by atoms with Gasteiger partial charge in [0.15, 0.2) is 15.6 Å². The summed E-state index contributed by atoms with van der Waals surface area (Å²) in [4.78, 5) is 12.6. The zero-order valence-corrected chi connectivity index (χ0v) is 17.4. The Hall–Kier alpha value is -2.64. The minimum Gasteiger partial charge on any atom is -0.451 e. The van der Waals surface area contributed by atoms with E-state index in [-0.39, 0.29) is 17.6 Å². The maximum Gasteiger partial charge on any atom is 0.287 e. The van der Waals surface area contributed by atoms with Gasteiger partial charge in [-0.2, -0.15) is 0 Å². The molecule has 1 amide bonds. The topological polar surface area (TPSA) is 85.6 Å². The van der Waals surface area contributed by atoms with E-state index in [4.69, 9.17) is 9.15 Å². The Morgan fingerprint density at radius 1 is 1.10 bits per heavy atom. The first kappa shape index (κ1) is 21.1. The van der Waals surface area contributed by atoms with Gasteiger partial charge in [0.1, 0.15) is 5.58 Å². The number of nitrogens with one attached hydrogen (secondary N) is 1. The number of fused-ring (bicyclic) bond motifs is 1. The van der Waals surface area contributed by atoms with Crippen LogP contribution in [0.3, 0.4) is 0 Å². The number of sulfone groups is 1. The summed E-state index contributed by atoms with van der Waals surface area (Å²) >= 11 is 0. The Morgan fingerprint density at radius 3 is 2.52 bits per heavy atom. The number of furan rings is 1. The van der Waals surface area contributed by atoms with Gasteiger partial charge >= 0.3 is 0 Å². The van der Waals surface area contributed by atoms with E-state index in [9.17, 15) is 13.2 Å². The van der Waals surface area contributed by atoms with Gasteiger partial charge in [-0.25, -0.2) is 8.42 Å². The second kappa shape index (κ2) is 9.24. The summed E-state index contributed by atoms with van der Waals surface area (Å²) < 4.78 is 35.1. The molecule has 7 heteroatoms. The zero-order chi connectivity index (χ0) is 20.9. The highest BCUT2D eigenvalue weighted by Gasteiger charge is 2.23. The van der Waals surface area contributed by atoms with Gasteiger partial charge in [-0.1, -0.05) is 48.5 Å². The number of ether oxygens (including phenoxy) is 1. The lowest BCUT2D eigenvalue weighted by molar-refractivity contribution is 0.0633. The molecule has 0 aliphatic carbocycles. The lowest BCUT2D eigenvalue weighted by Gasteiger charge is -2.13. The largest absolute Gasteiger partial charge is 0.451 e. The quantitative estimate of drug-likeness (QED) is 0.536. The molecule has 0 radical (unpaired) electrons. The van der Waals surface area contributed by atoms with Gasteiger partial charge in [0.05, 0.1) is 11.9 Å². The van der Waals surface area contributed by atoms with Crippen LogP contribution < -0.4 is 5.32 Å². The molecule has 29 heavy (non-hydrogen) atoms. The first-order valence-electron chi connectivity index (χ1n) is 9.48. The summed E-state index contributed by atoms with van der Waals surface area (Å²) in [7, 11) is -3.32. The molecule has 0 saturated carbocycles. The molecule has 1 aromatic heterocycles. The van der Waals surface area contributed by atoms with Crippen molar-refractivity contribution in [3.05, 3.63) is 71.5 Å². The van der Waals surface area contributed by atoms with E-state index in [0.717, 1.165) is 11.8 Å². The monoisotopic (exact) mass is 415 g/mol. The Kier molecular flexibility index (Phi) is 6.71. The molecule has 1 N–H and O–H groups in total. The zero-order valence-electron chi connectivity index (χ0n) is 16.6. The lowest BCUT2D eigenvalue weighted by Crippen LogP contribution is -2.26. The average Bonchev–Trinajstić information content (AvgIpc) is 3.05. The molecule has 154 valence electrons. The first-order chi connectivity index (χ1) is 13.8. The number of rotatable bonds is 9. The predicted octanol–water partition coefficient (Wildman–Crippen LogP) is 3.88. The van der Waals surface area contributed by atoms with Crippen LogP contribution in [0.25, 0.3) is 11.0 Å². The number of carbonyl (C=O) groups excluding carboxylic acids is 1. The van der Waals surface area contributed by atoms with Crippen LogP contribution in [0.2, 0.25) is 0 Å². The molecule has 0 spiro atoms. The molecule has 1 heterocycles. The normalized spacial score (nSPS) is 12.8. The SMILES string of the molecule is CC(OCCCNC(=O)c1oc2ccccc2c1CS(C)(=O)=O)c1ccccc1. The molecule has 0 bridgehead atoms. The minimum atomic E-state index is -3.32. The fraction of sp³-hybridized carbons (Fsp3) is 0.318. The standard InChI is InChI=1S/C22H25NO5S/c1-16(17-9-4-3-5-10-17)27-14-8-13-23-22(24)21-19(15-29(2,25)26)18-11-6-7-12-20(18)28-21/h3-7,9-12,16H,8,13-15H2,1-2H3,(H,23,24). The molecule has 0 fully saturated rings. The summed E-state index contributed by atoms with van der Waals surface area (Å²) in [5, 5.41) is 3.43. The van der Waals surface area contributed by atoms with Gasteiger partial charge in [-0.3, -0.25) is 4.79 Å². The van der Waals surface area contributed by atoms with Crippen LogP contribution in [0.15, 0.2) is 59.0 Å². The third-order valence-electron chi connectivity index (χ3n) is 4.55. The van der Waals surface area contributed by atoms with Crippen molar-refractivity contribution in [2.75, 3.05) is 19.4 Å². The van der Waals surface area contributed by atoms with Crippen LogP contribution in [0.4, 0.5) is 0 Å². The smallest absolute Gasteiger partial charge is 0.287 e. The van der Waals surface area contributed by atoms with Gasteiger partial charge in [0.25, 0.3) is 5.91 Å². The van der Waals surface area contributed by atoms with Crippen LogP contribution in [0.5, 0.6) is 0 Å². The van der Waals surface area contributed by atoms with E-state index in [1.54, 1.807) is 24.3 Å². The fourth-order valence-electron chi connectivity index (χ4n) is 3.12. The molecule has 2 aromatic carbocycles. The molecule has 1 unspecified atom stereocenters. The number of amides is 1. The highest BCUT2D eigenvalue weighted by molar-refractivity contribution is 7.89. The van der Waals surface area contributed by atoms with E-state index < -0.39 is 15.7 Å². The molecule has 1 atom stereocenters. The van der Waals surface area contributed by atoms with E-state index in [2.05, 4.69) is 5.32 Å². The van der Waals surface area contributed by atoms with E-state index >= 15 is 0 Å². The fourth-order valence-corrected chi connectivity index (χ4v) is 3.93. The third-order valence-corrected chi connectivity index (χ3v) is 5.37. The van der Waals surface area contributed by atoms with Gasteiger partial charge in [0.2, 0.25) is 0 Å². The molecule has 0 aliphatic heterocycles. The van der Waals surface area contributed by atoms with Crippen molar-refractivity contribution in [3.63, 3.8) is 0 Å². The predicted molar refractivity (Wildman–Crippen MR) is 113 cm³/mol. The number of para-hydroxylation sites is 1. The maximum atomic E-state index is 12.6. The van der Waals surface area contributed by atoms with Gasteiger partial charge in [0, 0.05) is 30.4 Å². The van der Waals surface area contributed by atoms with Crippen LogP contribution >= 0.6 is 0 Å². The minimum absolute atomic E-state index is 0.0244. The Balaban J connectivity index is 1.58. The van der Waals surface area contributed by atoms with Crippen LogP contribution in [0.1, 0.15) is 41.1 Å². The number of hydrogen-bond acceptors (Lipinski definition) is 5. The van der Waals surface area contributed by atoms with Crippen LogP contribution in [-0.4, -0.2) is 33.7 Å². The van der Waals surface area contributed by atoms with Crippen molar-refractivity contribution in [3.8, 4) is 0 Å². The van der Waals surface area contributed by atoms with Crippen LogP contribution in [0, 0.1) is 0 Å². The third kappa shape index (κ3) is 5.68. The molecular weight excluding hydrogens is 390 g/mol. The number of benzene rings is 2. The summed E-state index contributed by atoms with van der Waals surface area (Å²) in [6, 6.07) is 17.0. The van der Waals surface area contributed by atoms with Gasteiger partial charge in [-0.15, -0.1) is 0 Å². The van der Waals surface area contributed by atoms with E-state index in [1.165, 1.54) is 0 Å². The molecular formula is C22H25NO5S. The van der Waals surface area contributed by atoms with Crippen molar-refractivity contribution >= 4 is 26.7 Å². The molecule has 3 aromatic rings. The van der Waals surface area contributed by atoms with Gasteiger partial charge in [-0.05, 0) is 25.0 Å². The summed E-state index contributed by atoms with van der Waals surface area (Å²) in [6.45, 7) is 2.88. The Bertz CT molecular complexity index is 1070. The van der Waals surface area contributed by atoms with E-state index in [1.807, 2.05) is 37.3 Å². The Morgan fingerprint density at radius 2 is 1.79 bits per heavy atom. The lowest BCUT2D eigenvalue weighted by atomic mass is 10.1. The van der Waals surface area contributed by atoms with Crippen molar-refractivity contribution in [1.82, 2.24) is 5.32 Å². The highest BCUT2D eigenvalue weighted by Crippen LogP contribution is 2.27. The van der Waals surface area contributed by atoms with Crippen molar-refractivity contribution in [2.45, 2.75) is 25.2 Å². The Labute approximate surface area is 170 Å². The molecule has 0 saturated heterocycles. The van der Waals surface area contributed by atoms with Crippen molar-refractivity contribution in [1.29, 1.82) is 0 Å². The first-order valence-corrected chi connectivity index (χ1v) is 11.5. The van der Waals surface area contributed by atoms with Crippen LogP contribution in [-0.2, 0) is 20.3 Å². The number of carbonyl (C=O) groups is 1. The molecule has 6 nitrogen and oxygen atoms in total. The van der Waals surface area contributed by atoms with Crippen molar-refractivity contribution in [2.24, 2.45) is 0 Å².